The second kappa shape index (κ2) is 9.25. The number of carbonyl (C=O) groups is 3. The van der Waals surface area contributed by atoms with Crippen molar-refractivity contribution in [1.29, 1.82) is 0 Å². The van der Waals surface area contributed by atoms with Gasteiger partial charge in [0.05, 0.1) is 0 Å². The maximum atomic E-state index is 10.7. The van der Waals surface area contributed by atoms with Crippen LogP contribution in [0.15, 0.2) is 11.6 Å². The Labute approximate surface area is 124 Å². The zero-order chi connectivity index (χ0) is 16.6. The molecule has 1 heterocycles. The van der Waals surface area contributed by atoms with Crippen LogP contribution in [0.3, 0.4) is 0 Å². The van der Waals surface area contributed by atoms with Gasteiger partial charge in [0.15, 0.2) is 0 Å². The van der Waals surface area contributed by atoms with Crippen molar-refractivity contribution in [3.05, 3.63) is 11.6 Å². The summed E-state index contributed by atoms with van der Waals surface area (Å²) in [7, 11) is 0. The van der Waals surface area contributed by atoms with Crippen molar-refractivity contribution in [3.63, 3.8) is 0 Å². The van der Waals surface area contributed by atoms with Crippen LogP contribution in [0.5, 0.6) is 0 Å². The summed E-state index contributed by atoms with van der Waals surface area (Å²) >= 11 is 0. The fourth-order valence-corrected chi connectivity index (χ4v) is 1.94. The van der Waals surface area contributed by atoms with Gasteiger partial charge in [-0.05, 0) is 31.7 Å². The summed E-state index contributed by atoms with van der Waals surface area (Å²) in [5, 5.41) is 10.6. The van der Waals surface area contributed by atoms with Crippen LogP contribution < -0.4 is 16.8 Å². The number of hydrogen-bond acceptors (Lipinski definition) is 5. The number of carbonyl (C=O) groups excluding carboxylic acids is 2. The van der Waals surface area contributed by atoms with Gasteiger partial charge in [-0.1, -0.05) is 13.8 Å². The predicted molar refractivity (Wildman–Crippen MR) is 79.1 cm³/mol. The summed E-state index contributed by atoms with van der Waals surface area (Å²) in [6.07, 6.45) is 2.34. The Bertz CT molecular complexity index is 416. The Morgan fingerprint density at radius 1 is 1.33 bits per heavy atom. The number of nitrogens with one attached hydrogen (secondary N) is 1. The SMILES string of the molecule is CC(C)C[C@H](CN)CC(=O)O.CC(N)C1=CC(=O)NC1=O. The molecule has 2 amide bonds. The third-order valence-corrected chi connectivity index (χ3v) is 2.88. The van der Waals surface area contributed by atoms with Gasteiger partial charge in [-0.15, -0.1) is 0 Å². The van der Waals surface area contributed by atoms with Crippen molar-refractivity contribution in [2.24, 2.45) is 23.3 Å². The molecule has 2 atom stereocenters. The average molecular weight is 299 g/mol. The molecule has 7 nitrogen and oxygen atoms in total. The number of carboxylic acid groups (broad SMARTS) is 1. The minimum atomic E-state index is -0.749. The normalized spacial score (nSPS) is 16.8. The predicted octanol–water partition coefficient (Wildman–Crippen LogP) is -0.00150. The molecule has 7 heteroatoms. The van der Waals surface area contributed by atoms with E-state index in [0.717, 1.165) is 6.42 Å². The lowest BCUT2D eigenvalue weighted by molar-refractivity contribution is -0.138. The van der Waals surface area contributed by atoms with E-state index >= 15 is 0 Å². The molecule has 0 spiro atoms. The van der Waals surface area contributed by atoms with Crippen LogP contribution in [0.4, 0.5) is 0 Å². The molecule has 0 aliphatic carbocycles. The molecule has 21 heavy (non-hydrogen) atoms. The molecule has 0 aromatic carbocycles. The summed E-state index contributed by atoms with van der Waals surface area (Å²) in [4.78, 5) is 31.5. The molecule has 1 aliphatic heterocycles. The van der Waals surface area contributed by atoms with E-state index in [2.05, 4.69) is 19.2 Å². The maximum absolute atomic E-state index is 10.7. The Kier molecular flexibility index (Phi) is 8.49. The molecule has 0 aromatic rings. The van der Waals surface area contributed by atoms with Crippen LogP contribution >= 0.6 is 0 Å². The van der Waals surface area contributed by atoms with Crippen LogP contribution in [0.2, 0.25) is 0 Å². The van der Waals surface area contributed by atoms with E-state index in [9.17, 15) is 14.4 Å². The lowest BCUT2D eigenvalue weighted by atomic mass is 9.94. The monoisotopic (exact) mass is 299 g/mol. The van der Waals surface area contributed by atoms with Crippen molar-refractivity contribution < 1.29 is 19.5 Å². The fraction of sp³-hybridized carbons (Fsp3) is 0.643. The van der Waals surface area contributed by atoms with Crippen LogP contribution in [-0.4, -0.2) is 35.5 Å². The first kappa shape index (κ1) is 19.3. The molecule has 0 fully saturated rings. The molecule has 1 aliphatic rings. The zero-order valence-electron chi connectivity index (χ0n) is 12.8. The van der Waals surface area contributed by atoms with Crippen molar-refractivity contribution in [3.8, 4) is 0 Å². The molecule has 0 radical (unpaired) electrons. The highest BCUT2D eigenvalue weighted by Gasteiger charge is 2.22. The van der Waals surface area contributed by atoms with E-state index in [1.165, 1.54) is 6.08 Å². The van der Waals surface area contributed by atoms with E-state index in [-0.39, 0.29) is 30.2 Å². The number of imide groups is 1. The summed E-state index contributed by atoms with van der Waals surface area (Å²) in [6.45, 7) is 6.28. The highest BCUT2D eigenvalue weighted by Crippen LogP contribution is 2.13. The minimum Gasteiger partial charge on any atom is -0.481 e. The molecule has 0 aromatic heterocycles. The van der Waals surface area contributed by atoms with Gasteiger partial charge in [0, 0.05) is 24.1 Å². The summed E-state index contributed by atoms with van der Waals surface area (Å²) in [6, 6.07) is -0.369. The molecule has 0 bridgehead atoms. The first-order valence-corrected chi connectivity index (χ1v) is 6.91. The van der Waals surface area contributed by atoms with Gasteiger partial charge >= 0.3 is 5.97 Å². The van der Waals surface area contributed by atoms with Gasteiger partial charge < -0.3 is 16.6 Å². The van der Waals surface area contributed by atoms with Crippen LogP contribution in [0.25, 0.3) is 0 Å². The van der Waals surface area contributed by atoms with Gasteiger partial charge in [-0.25, -0.2) is 0 Å². The summed E-state index contributed by atoms with van der Waals surface area (Å²) in [5.41, 5.74) is 11.1. The Morgan fingerprint density at radius 3 is 2.14 bits per heavy atom. The van der Waals surface area contributed by atoms with E-state index in [4.69, 9.17) is 16.6 Å². The van der Waals surface area contributed by atoms with Gasteiger partial charge in [0.1, 0.15) is 0 Å². The lowest BCUT2D eigenvalue weighted by Crippen LogP contribution is -2.28. The highest BCUT2D eigenvalue weighted by molar-refractivity contribution is 6.16. The van der Waals surface area contributed by atoms with Gasteiger partial charge in [0.25, 0.3) is 11.8 Å². The topological polar surface area (TPSA) is 136 Å². The molecule has 0 saturated heterocycles. The van der Waals surface area contributed by atoms with Crippen LogP contribution in [-0.2, 0) is 14.4 Å². The molecular formula is C14H25N3O4. The number of hydrogen-bond donors (Lipinski definition) is 4. The van der Waals surface area contributed by atoms with Gasteiger partial charge in [-0.3, -0.25) is 19.7 Å². The molecule has 0 saturated carbocycles. The van der Waals surface area contributed by atoms with E-state index in [0.29, 0.717) is 18.0 Å². The zero-order valence-corrected chi connectivity index (χ0v) is 12.8. The third-order valence-electron chi connectivity index (χ3n) is 2.88. The number of rotatable bonds is 6. The Balaban J connectivity index is 0.000000382. The number of nitrogens with two attached hydrogens (primary N) is 2. The van der Waals surface area contributed by atoms with Gasteiger partial charge in [-0.2, -0.15) is 0 Å². The molecule has 1 rings (SSSR count). The number of aliphatic carboxylic acids is 1. The number of amides is 2. The summed E-state index contributed by atoms with van der Waals surface area (Å²) < 4.78 is 0. The summed E-state index contributed by atoms with van der Waals surface area (Å²) in [5.74, 6) is -0.825. The highest BCUT2D eigenvalue weighted by atomic mass is 16.4. The van der Waals surface area contributed by atoms with E-state index < -0.39 is 5.97 Å². The fourth-order valence-electron chi connectivity index (χ4n) is 1.94. The first-order chi connectivity index (χ1) is 9.67. The van der Waals surface area contributed by atoms with E-state index in [1.54, 1.807) is 6.92 Å². The standard InChI is InChI=1S/C8H17NO2.C6H8N2O2/c1-6(2)3-7(5-9)4-8(10)11;1-3(7)4-2-5(9)8-6(4)10/h6-7H,3-5,9H2,1-2H3,(H,10,11);2-3H,7H2,1H3,(H,8,9,10)/t7-;/m0./s1. The minimum absolute atomic E-state index is 0.146. The smallest absolute Gasteiger partial charge is 0.303 e. The number of carboxylic acids is 1. The molecule has 1 unspecified atom stereocenters. The average Bonchev–Trinajstić information content (AvgIpc) is 2.67. The third kappa shape index (κ3) is 8.21. The molecular weight excluding hydrogens is 274 g/mol. The van der Waals surface area contributed by atoms with Crippen molar-refractivity contribution in [2.75, 3.05) is 6.54 Å². The van der Waals surface area contributed by atoms with Crippen LogP contribution in [0, 0.1) is 11.8 Å². The van der Waals surface area contributed by atoms with Crippen molar-refractivity contribution in [1.82, 2.24) is 5.32 Å². The maximum Gasteiger partial charge on any atom is 0.303 e. The van der Waals surface area contributed by atoms with Crippen molar-refractivity contribution >= 4 is 17.8 Å². The second-order valence-electron chi connectivity index (χ2n) is 5.54. The molecule has 120 valence electrons. The van der Waals surface area contributed by atoms with Crippen molar-refractivity contribution in [2.45, 2.75) is 39.7 Å². The lowest BCUT2D eigenvalue weighted by Gasteiger charge is -2.13. The Morgan fingerprint density at radius 2 is 1.90 bits per heavy atom. The van der Waals surface area contributed by atoms with E-state index in [1.807, 2.05) is 0 Å². The Hall–Kier alpha value is -1.73. The van der Waals surface area contributed by atoms with Crippen LogP contribution in [0.1, 0.15) is 33.6 Å². The first-order valence-electron chi connectivity index (χ1n) is 6.91. The van der Waals surface area contributed by atoms with Gasteiger partial charge in [0.2, 0.25) is 0 Å². The second-order valence-corrected chi connectivity index (χ2v) is 5.54. The quantitative estimate of drug-likeness (QED) is 0.510. The molecule has 6 N–H and O–H groups in total. The largest absolute Gasteiger partial charge is 0.481 e.